The van der Waals surface area contributed by atoms with E-state index in [1.54, 1.807) is 0 Å². The van der Waals surface area contributed by atoms with Gasteiger partial charge in [0.1, 0.15) is 5.60 Å². The Labute approximate surface area is 156 Å². The number of aromatic nitrogens is 1. The van der Waals surface area contributed by atoms with E-state index in [1.165, 1.54) is 0 Å². The lowest BCUT2D eigenvalue weighted by Gasteiger charge is -2.39. The Morgan fingerprint density at radius 2 is 1.96 bits per heavy atom. The largest absolute Gasteiger partial charge is 0.444 e. The van der Waals surface area contributed by atoms with Crippen molar-refractivity contribution in [1.82, 2.24) is 9.88 Å². The molecule has 0 aliphatic carbocycles. The van der Waals surface area contributed by atoms with Gasteiger partial charge in [-0.3, -0.25) is 4.98 Å². The van der Waals surface area contributed by atoms with Crippen molar-refractivity contribution in [3.8, 4) is 0 Å². The molecule has 1 aromatic heterocycles. The molecule has 0 spiro atoms. The predicted octanol–water partition coefficient (Wildman–Crippen LogP) is 4.46. The molecule has 1 aromatic carbocycles. The number of nitrogens with zero attached hydrogens (tertiary/aromatic N) is 3. The van der Waals surface area contributed by atoms with Crippen LogP contribution in [0.3, 0.4) is 0 Å². The first-order chi connectivity index (χ1) is 12.4. The first-order valence-electron chi connectivity index (χ1n) is 9.47. The van der Waals surface area contributed by atoms with Crippen molar-refractivity contribution in [3.05, 3.63) is 36.5 Å². The summed E-state index contributed by atoms with van der Waals surface area (Å²) in [7, 11) is 0. The number of carbonyl (C=O) groups is 1. The number of benzene rings is 1. The molecular formula is C21H29N3O2. The zero-order chi connectivity index (χ0) is 18.7. The number of amides is 1. The number of anilines is 1. The lowest BCUT2D eigenvalue weighted by molar-refractivity contribution is 0.0205. The summed E-state index contributed by atoms with van der Waals surface area (Å²) in [5.41, 5.74) is 1.73. The molecule has 5 heteroatoms. The first-order valence-corrected chi connectivity index (χ1v) is 9.47. The third kappa shape index (κ3) is 4.26. The second kappa shape index (κ2) is 7.52. The Balaban J connectivity index is 1.67. The molecule has 2 heterocycles. The number of hydrogen-bond donors (Lipinski definition) is 0. The second-order valence-electron chi connectivity index (χ2n) is 7.87. The van der Waals surface area contributed by atoms with Gasteiger partial charge in [-0.05, 0) is 52.7 Å². The number of pyridine rings is 1. The molecule has 1 amide bonds. The number of fused-ring (bicyclic) bond motifs is 1. The third-order valence-electron chi connectivity index (χ3n) is 4.81. The van der Waals surface area contributed by atoms with Gasteiger partial charge in [0.05, 0.1) is 17.4 Å². The highest BCUT2D eigenvalue weighted by molar-refractivity contribution is 5.81. The first kappa shape index (κ1) is 18.5. The maximum absolute atomic E-state index is 12.3. The van der Waals surface area contributed by atoms with Crippen LogP contribution in [0.5, 0.6) is 0 Å². The van der Waals surface area contributed by atoms with Crippen LogP contribution in [-0.4, -0.2) is 47.3 Å². The van der Waals surface area contributed by atoms with Crippen molar-refractivity contribution in [3.63, 3.8) is 0 Å². The fraction of sp³-hybridized carbons (Fsp3) is 0.524. The molecule has 0 unspecified atom stereocenters. The Bertz CT molecular complexity index is 761. The van der Waals surface area contributed by atoms with Gasteiger partial charge in [0, 0.05) is 31.1 Å². The van der Waals surface area contributed by atoms with Crippen LogP contribution in [0.2, 0.25) is 0 Å². The zero-order valence-electron chi connectivity index (χ0n) is 16.2. The van der Waals surface area contributed by atoms with Crippen molar-refractivity contribution < 1.29 is 9.53 Å². The molecule has 1 fully saturated rings. The topological polar surface area (TPSA) is 45.7 Å². The van der Waals surface area contributed by atoms with Gasteiger partial charge in [0.25, 0.3) is 0 Å². The van der Waals surface area contributed by atoms with Crippen molar-refractivity contribution in [2.75, 3.05) is 24.5 Å². The summed E-state index contributed by atoms with van der Waals surface area (Å²) in [5, 5.41) is 1.16. The number of hydrogen-bond acceptors (Lipinski definition) is 4. The van der Waals surface area contributed by atoms with E-state index in [2.05, 4.69) is 28.9 Å². The van der Waals surface area contributed by atoms with Gasteiger partial charge < -0.3 is 14.5 Å². The normalized spacial score (nSPS) is 15.9. The summed E-state index contributed by atoms with van der Waals surface area (Å²) >= 11 is 0. The van der Waals surface area contributed by atoms with Crippen LogP contribution < -0.4 is 4.90 Å². The van der Waals surface area contributed by atoms with Crippen LogP contribution in [-0.2, 0) is 4.74 Å². The van der Waals surface area contributed by atoms with E-state index in [-0.39, 0.29) is 6.09 Å². The SMILES string of the molecule is CCN(c1cnc2ccccc2c1)C1CCN(C(=O)OC(C)(C)C)CC1. The summed E-state index contributed by atoms with van der Waals surface area (Å²) in [5.74, 6) is 0. The van der Waals surface area contributed by atoms with Crippen LogP contribution in [0.25, 0.3) is 10.9 Å². The van der Waals surface area contributed by atoms with Gasteiger partial charge in [0.15, 0.2) is 0 Å². The highest BCUT2D eigenvalue weighted by Crippen LogP contribution is 2.26. The molecule has 26 heavy (non-hydrogen) atoms. The number of likely N-dealkylation sites (tertiary alicyclic amines) is 1. The molecule has 0 bridgehead atoms. The average molecular weight is 355 g/mol. The molecule has 1 aliphatic rings. The molecule has 0 radical (unpaired) electrons. The highest BCUT2D eigenvalue weighted by Gasteiger charge is 2.29. The molecule has 1 aliphatic heterocycles. The van der Waals surface area contributed by atoms with E-state index in [9.17, 15) is 4.79 Å². The number of para-hydroxylation sites is 1. The van der Waals surface area contributed by atoms with Gasteiger partial charge in [-0.15, -0.1) is 0 Å². The molecule has 1 saturated heterocycles. The maximum atomic E-state index is 12.3. The quantitative estimate of drug-likeness (QED) is 0.815. The maximum Gasteiger partial charge on any atom is 0.410 e. The van der Waals surface area contributed by atoms with Crippen molar-refractivity contribution in [2.45, 2.75) is 52.2 Å². The molecule has 0 N–H and O–H groups in total. The smallest absolute Gasteiger partial charge is 0.410 e. The van der Waals surface area contributed by atoms with Crippen LogP contribution >= 0.6 is 0 Å². The lowest BCUT2D eigenvalue weighted by Crippen LogP contribution is -2.48. The molecule has 0 atom stereocenters. The van der Waals surface area contributed by atoms with Crippen LogP contribution in [0, 0.1) is 0 Å². The standard InChI is InChI=1S/C21H29N3O2/c1-5-24(18-14-16-8-6-7-9-19(16)22-15-18)17-10-12-23(13-11-17)20(25)26-21(2,3)4/h6-9,14-15,17H,5,10-13H2,1-4H3. The fourth-order valence-electron chi connectivity index (χ4n) is 3.55. The Hall–Kier alpha value is -2.30. The van der Waals surface area contributed by atoms with E-state index in [0.717, 1.165) is 49.1 Å². The Kier molecular flexibility index (Phi) is 5.35. The second-order valence-corrected chi connectivity index (χ2v) is 7.87. The Morgan fingerprint density at radius 1 is 1.27 bits per heavy atom. The van der Waals surface area contributed by atoms with Crippen LogP contribution in [0.4, 0.5) is 10.5 Å². The monoisotopic (exact) mass is 355 g/mol. The zero-order valence-corrected chi connectivity index (χ0v) is 16.2. The number of rotatable bonds is 3. The minimum absolute atomic E-state index is 0.202. The van der Waals surface area contributed by atoms with Crippen molar-refractivity contribution in [1.29, 1.82) is 0 Å². The van der Waals surface area contributed by atoms with Crippen molar-refractivity contribution >= 4 is 22.7 Å². The fourth-order valence-corrected chi connectivity index (χ4v) is 3.55. The van der Waals surface area contributed by atoms with Gasteiger partial charge in [-0.1, -0.05) is 18.2 Å². The van der Waals surface area contributed by atoms with Gasteiger partial charge in [0.2, 0.25) is 0 Å². The molecule has 5 nitrogen and oxygen atoms in total. The summed E-state index contributed by atoms with van der Waals surface area (Å²) < 4.78 is 5.50. The summed E-state index contributed by atoms with van der Waals surface area (Å²) in [4.78, 5) is 21.1. The number of carbonyl (C=O) groups excluding carboxylic acids is 1. The Morgan fingerprint density at radius 3 is 2.62 bits per heavy atom. The number of piperidine rings is 1. The van der Waals surface area contributed by atoms with E-state index < -0.39 is 5.60 Å². The lowest BCUT2D eigenvalue weighted by atomic mass is 10.0. The molecule has 140 valence electrons. The molecule has 2 aromatic rings. The predicted molar refractivity (Wildman–Crippen MR) is 106 cm³/mol. The van der Waals surface area contributed by atoms with E-state index in [4.69, 9.17) is 4.74 Å². The van der Waals surface area contributed by atoms with Crippen LogP contribution in [0.1, 0.15) is 40.5 Å². The minimum atomic E-state index is -0.444. The summed E-state index contributed by atoms with van der Waals surface area (Å²) in [6.07, 6.45) is 3.65. The van der Waals surface area contributed by atoms with Crippen molar-refractivity contribution in [2.24, 2.45) is 0 Å². The number of ether oxygens (including phenoxy) is 1. The van der Waals surface area contributed by atoms with Crippen LogP contribution in [0.15, 0.2) is 36.5 Å². The molecular weight excluding hydrogens is 326 g/mol. The van der Waals surface area contributed by atoms with Gasteiger partial charge in [-0.2, -0.15) is 0 Å². The summed E-state index contributed by atoms with van der Waals surface area (Å²) in [6.45, 7) is 10.3. The molecule has 3 rings (SSSR count). The van der Waals surface area contributed by atoms with E-state index in [1.807, 2.05) is 50.1 Å². The van der Waals surface area contributed by atoms with E-state index >= 15 is 0 Å². The average Bonchev–Trinajstić information content (AvgIpc) is 2.61. The minimum Gasteiger partial charge on any atom is -0.444 e. The van der Waals surface area contributed by atoms with Gasteiger partial charge in [-0.25, -0.2) is 4.79 Å². The van der Waals surface area contributed by atoms with Gasteiger partial charge >= 0.3 is 6.09 Å². The van der Waals surface area contributed by atoms with E-state index in [0.29, 0.717) is 6.04 Å². The molecule has 0 saturated carbocycles. The highest BCUT2D eigenvalue weighted by atomic mass is 16.6. The summed E-state index contributed by atoms with van der Waals surface area (Å²) in [6, 6.07) is 10.8. The third-order valence-corrected chi connectivity index (χ3v) is 4.81.